The molecule has 0 unspecified atom stereocenters. The molecule has 0 spiro atoms. The average Bonchev–Trinajstić information content (AvgIpc) is 3.35. The molecule has 1 aromatic heterocycles. The highest BCUT2D eigenvalue weighted by Gasteiger charge is 2.54. The van der Waals surface area contributed by atoms with Crippen molar-refractivity contribution in [3.63, 3.8) is 0 Å². The van der Waals surface area contributed by atoms with E-state index in [0.717, 1.165) is 16.7 Å². The van der Waals surface area contributed by atoms with Crippen LogP contribution in [0.1, 0.15) is 68.1 Å². The number of hydrogen-bond acceptors (Lipinski definition) is 15. The fraction of sp³-hybridized carbons (Fsp3) is 0.593. The first-order chi connectivity index (χ1) is 21.1. The van der Waals surface area contributed by atoms with Crippen molar-refractivity contribution >= 4 is 70.0 Å². The number of carboxylic acid groups (broad SMARTS) is 1. The normalized spacial score (nSPS) is 18.6. The number of oxime groups is 1. The molecule has 1 saturated heterocycles. The lowest BCUT2D eigenvalue weighted by Crippen LogP contribution is -2.71. The lowest BCUT2D eigenvalue weighted by Gasteiger charge is -2.49. The molecule has 1 aromatic rings. The van der Waals surface area contributed by atoms with Gasteiger partial charge in [0.15, 0.2) is 0 Å². The number of thioether (sulfide) groups is 1. The zero-order valence-electron chi connectivity index (χ0n) is 26.7. The van der Waals surface area contributed by atoms with Gasteiger partial charge >= 0.3 is 24.0 Å². The molecule has 19 heteroatoms. The molecular formula is C27H36N6O11S2. The molecule has 3 N–H and O–H groups in total. The number of carbonyl (C=O) groups excluding carboxylic acids is 5. The Labute approximate surface area is 272 Å². The molecule has 0 bridgehead atoms. The van der Waals surface area contributed by atoms with Crippen LogP contribution in [0.5, 0.6) is 0 Å². The van der Waals surface area contributed by atoms with E-state index in [9.17, 15) is 33.9 Å². The highest BCUT2D eigenvalue weighted by Crippen LogP contribution is 2.40. The third-order valence-electron chi connectivity index (χ3n) is 5.70. The van der Waals surface area contributed by atoms with Crippen molar-refractivity contribution in [2.45, 2.75) is 90.5 Å². The van der Waals surface area contributed by atoms with Gasteiger partial charge in [-0.3, -0.25) is 24.6 Å². The Balaban J connectivity index is 1.88. The summed E-state index contributed by atoms with van der Waals surface area (Å²) in [5, 5.41) is 17.7. The number of fused-ring (bicyclic) bond motifs is 1. The fourth-order valence-electron chi connectivity index (χ4n) is 3.74. The summed E-state index contributed by atoms with van der Waals surface area (Å²) in [6, 6.07) is -1.19. The molecule has 0 saturated carbocycles. The van der Waals surface area contributed by atoms with Gasteiger partial charge in [0, 0.05) is 29.8 Å². The van der Waals surface area contributed by atoms with Crippen molar-refractivity contribution in [3.8, 4) is 0 Å². The number of amides is 3. The number of nitrogens with zero attached hydrogens (tertiary/aromatic N) is 4. The van der Waals surface area contributed by atoms with E-state index in [1.165, 1.54) is 20.8 Å². The Kier molecular flexibility index (Phi) is 10.7. The van der Waals surface area contributed by atoms with E-state index in [4.69, 9.17) is 19.0 Å². The number of esters is 2. The van der Waals surface area contributed by atoms with E-state index < -0.39 is 69.7 Å². The van der Waals surface area contributed by atoms with Crippen molar-refractivity contribution < 1.29 is 52.9 Å². The maximum Gasteiger partial charge on any atom is 0.414 e. The Morgan fingerprint density at radius 3 is 2.24 bits per heavy atom. The Hall–Kier alpha value is -4.26. The Morgan fingerprint density at radius 2 is 1.67 bits per heavy atom. The van der Waals surface area contributed by atoms with Crippen LogP contribution in [0.25, 0.3) is 0 Å². The van der Waals surface area contributed by atoms with E-state index >= 15 is 0 Å². The number of aromatic nitrogens is 2. The summed E-state index contributed by atoms with van der Waals surface area (Å²) in [6.45, 7) is 13.6. The standard InChI is InChI=1S/C27H36N6O11S2/c1-12(34)41-10-13-11-45-20-15(19(36)33(20)16(13)21(37)38)28-18(35)14(31-44-27(8,9)22(39)42-25(2,3)4)17-29-23(46-32-17)30-24(40)43-26(5,6)7/h15,20H,10-11H2,1-9H3,(H,28,35)(H,37,38)(H,29,30,32,40)/b31-14-/t15-,20-/m1/s1. The molecule has 0 aromatic carbocycles. The minimum atomic E-state index is -1.69. The molecule has 252 valence electrons. The van der Waals surface area contributed by atoms with Crippen LogP contribution in [-0.4, -0.2) is 101 Å². The van der Waals surface area contributed by atoms with Gasteiger partial charge in [-0.1, -0.05) is 5.16 Å². The molecule has 2 atom stereocenters. The molecule has 3 rings (SSSR count). The van der Waals surface area contributed by atoms with Crippen LogP contribution in [0.2, 0.25) is 0 Å². The van der Waals surface area contributed by atoms with E-state index in [1.807, 2.05) is 0 Å². The highest BCUT2D eigenvalue weighted by atomic mass is 32.2. The summed E-state index contributed by atoms with van der Waals surface area (Å²) in [7, 11) is 0. The number of hydrogen-bond donors (Lipinski definition) is 3. The lowest BCUT2D eigenvalue weighted by molar-refractivity contribution is -0.179. The third kappa shape index (κ3) is 9.15. The minimum Gasteiger partial charge on any atom is -0.477 e. The van der Waals surface area contributed by atoms with Crippen LogP contribution in [0.3, 0.4) is 0 Å². The summed E-state index contributed by atoms with van der Waals surface area (Å²) in [4.78, 5) is 85.5. The van der Waals surface area contributed by atoms with Crippen LogP contribution in [0, 0.1) is 0 Å². The first-order valence-electron chi connectivity index (χ1n) is 13.8. The molecule has 3 amide bonds. The largest absolute Gasteiger partial charge is 0.477 e. The van der Waals surface area contributed by atoms with E-state index in [-0.39, 0.29) is 34.6 Å². The van der Waals surface area contributed by atoms with Gasteiger partial charge < -0.3 is 29.5 Å². The van der Waals surface area contributed by atoms with Crippen molar-refractivity contribution in [2.24, 2.45) is 5.16 Å². The number of ether oxygens (including phenoxy) is 3. The number of β-lactam (4-membered cyclic amide) rings is 1. The van der Waals surface area contributed by atoms with Gasteiger partial charge in [0.2, 0.25) is 22.3 Å². The number of aliphatic carboxylic acids is 1. The number of carboxylic acids is 1. The second-order valence-corrected chi connectivity index (χ2v) is 14.3. The summed E-state index contributed by atoms with van der Waals surface area (Å²) in [5.41, 5.74) is -4.01. The molecule has 0 radical (unpaired) electrons. The van der Waals surface area contributed by atoms with Crippen LogP contribution in [0.4, 0.5) is 9.93 Å². The molecule has 17 nitrogen and oxygen atoms in total. The van der Waals surface area contributed by atoms with Crippen molar-refractivity contribution in [1.82, 2.24) is 19.6 Å². The predicted octanol–water partition coefficient (Wildman–Crippen LogP) is 2.03. The Bertz CT molecular complexity index is 1490. The molecular weight excluding hydrogens is 648 g/mol. The molecule has 46 heavy (non-hydrogen) atoms. The van der Waals surface area contributed by atoms with Gasteiger partial charge in [-0.25, -0.2) is 14.4 Å². The molecule has 1 fully saturated rings. The van der Waals surface area contributed by atoms with Gasteiger partial charge in [-0.15, -0.1) is 11.8 Å². The maximum absolute atomic E-state index is 13.6. The van der Waals surface area contributed by atoms with Gasteiger partial charge in [0.05, 0.1) is 0 Å². The first kappa shape index (κ1) is 36.2. The highest BCUT2D eigenvalue weighted by molar-refractivity contribution is 8.00. The van der Waals surface area contributed by atoms with Gasteiger partial charge in [0.25, 0.3) is 11.8 Å². The summed E-state index contributed by atoms with van der Waals surface area (Å²) in [6.07, 6.45) is -0.828. The maximum atomic E-state index is 13.6. The summed E-state index contributed by atoms with van der Waals surface area (Å²) in [5.74, 6) is -4.75. The van der Waals surface area contributed by atoms with Crippen LogP contribution >= 0.6 is 23.3 Å². The van der Waals surface area contributed by atoms with Crippen LogP contribution in [-0.2, 0) is 43.0 Å². The quantitative estimate of drug-likeness (QED) is 0.105. The minimum absolute atomic E-state index is 0.0542. The molecule has 3 heterocycles. The predicted molar refractivity (Wildman–Crippen MR) is 164 cm³/mol. The number of anilines is 1. The van der Waals surface area contributed by atoms with Gasteiger partial charge in [-0.05, 0) is 55.4 Å². The SMILES string of the molecule is CC(=O)OCC1=C(C(=O)O)N2C(=O)[C@@H](NC(=O)/C(=N\OC(C)(C)C(=O)OC(C)(C)C)c3nsc(NC(=O)OC(C)(C)C)n3)[C@H]2SC1. The first-order valence-corrected chi connectivity index (χ1v) is 15.6. The van der Waals surface area contributed by atoms with E-state index in [1.54, 1.807) is 41.5 Å². The lowest BCUT2D eigenvalue weighted by atomic mass is 10.0. The van der Waals surface area contributed by atoms with Crippen LogP contribution in [0.15, 0.2) is 16.4 Å². The zero-order chi connectivity index (χ0) is 34.8. The van der Waals surface area contributed by atoms with Crippen LogP contribution < -0.4 is 10.6 Å². The number of rotatable bonds is 10. The fourth-order valence-corrected chi connectivity index (χ4v) is 5.62. The smallest absolute Gasteiger partial charge is 0.414 e. The monoisotopic (exact) mass is 684 g/mol. The number of nitrogens with one attached hydrogen (secondary N) is 2. The average molecular weight is 685 g/mol. The van der Waals surface area contributed by atoms with Gasteiger partial charge in [-0.2, -0.15) is 9.36 Å². The van der Waals surface area contributed by atoms with Gasteiger partial charge in [0.1, 0.15) is 34.9 Å². The second-order valence-electron chi connectivity index (χ2n) is 12.5. The van der Waals surface area contributed by atoms with Crippen molar-refractivity contribution in [2.75, 3.05) is 17.7 Å². The van der Waals surface area contributed by atoms with E-state index in [0.29, 0.717) is 11.5 Å². The molecule has 0 aliphatic carbocycles. The zero-order valence-corrected chi connectivity index (χ0v) is 28.3. The molecule has 2 aliphatic heterocycles. The second kappa shape index (κ2) is 13.6. The summed E-state index contributed by atoms with van der Waals surface area (Å²) >= 11 is 1.85. The summed E-state index contributed by atoms with van der Waals surface area (Å²) < 4.78 is 19.6. The topological polar surface area (TPSA) is 225 Å². The number of carbonyl (C=O) groups is 6. The molecule has 2 aliphatic rings. The Morgan fingerprint density at radius 1 is 1.04 bits per heavy atom. The third-order valence-corrected chi connectivity index (χ3v) is 7.67. The van der Waals surface area contributed by atoms with E-state index in [2.05, 4.69) is 25.1 Å². The van der Waals surface area contributed by atoms with Crippen molar-refractivity contribution in [3.05, 3.63) is 17.1 Å². The van der Waals surface area contributed by atoms with Crippen molar-refractivity contribution in [1.29, 1.82) is 0 Å².